The summed E-state index contributed by atoms with van der Waals surface area (Å²) in [5.41, 5.74) is 9.39. The van der Waals surface area contributed by atoms with Gasteiger partial charge in [0.05, 0.1) is 6.61 Å². The Labute approximate surface area is 176 Å². The van der Waals surface area contributed by atoms with E-state index in [9.17, 15) is 19.2 Å². The maximum atomic E-state index is 11.8. The smallest absolute Gasteiger partial charge is 0.407 e. The number of hydrogen-bond acceptors (Lipinski definition) is 8. The van der Waals surface area contributed by atoms with Crippen molar-refractivity contribution >= 4 is 24.1 Å². The zero-order valence-corrected chi connectivity index (χ0v) is 17.9. The van der Waals surface area contributed by atoms with Crippen molar-refractivity contribution < 1.29 is 38.1 Å². The molecule has 10 heteroatoms. The number of nitrogens with two attached hydrogens (primary N) is 2. The summed E-state index contributed by atoms with van der Waals surface area (Å²) in [4.78, 5) is 44.6. The lowest BCUT2D eigenvalue weighted by atomic mass is 9.93. The van der Waals surface area contributed by atoms with Gasteiger partial charge in [0, 0.05) is 11.1 Å². The van der Waals surface area contributed by atoms with Crippen LogP contribution in [-0.2, 0) is 28.5 Å². The zero-order chi connectivity index (χ0) is 23.3. The van der Waals surface area contributed by atoms with Gasteiger partial charge in [0.2, 0.25) is 0 Å². The lowest BCUT2D eigenvalue weighted by Gasteiger charge is -2.36. The van der Waals surface area contributed by atoms with Crippen molar-refractivity contribution in [3.05, 3.63) is 24.3 Å². The number of amides is 2. The molecule has 0 aliphatic heterocycles. The summed E-state index contributed by atoms with van der Waals surface area (Å²) in [6.07, 6.45) is 0.299. The minimum atomic E-state index is -1.46. The fourth-order valence-electron chi connectivity index (χ4n) is 2.71. The van der Waals surface area contributed by atoms with Crippen molar-refractivity contribution in [2.45, 2.75) is 71.2 Å². The van der Waals surface area contributed by atoms with Crippen LogP contribution in [0, 0.1) is 0 Å². The molecule has 170 valence electrons. The Hall–Kier alpha value is -3.04. The van der Waals surface area contributed by atoms with Crippen molar-refractivity contribution in [2.24, 2.45) is 11.5 Å². The number of hydrogen-bond donors (Lipinski definition) is 2. The van der Waals surface area contributed by atoms with Gasteiger partial charge in [0.1, 0.15) is 0 Å². The molecule has 1 unspecified atom stereocenters. The van der Waals surface area contributed by atoms with Gasteiger partial charge in [-0.3, -0.25) is 0 Å². The first-order chi connectivity index (χ1) is 13.9. The molecule has 10 nitrogen and oxygen atoms in total. The second-order valence-corrected chi connectivity index (χ2v) is 6.86. The normalized spacial score (nSPS) is 15.7. The van der Waals surface area contributed by atoms with E-state index in [1.54, 1.807) is 13.8 Å². The molecule has 0 heterocycles. The fraction of sp³-hybridized carbons (Fsp3) is 0.600. The van der Waals surface area contributed by atoms with Gasteiger partial charge in [-0.25, -0.2) is 19.2 Å². The first-order valence-electron chi connectivity index (χ1n) is 9.58. The molecule has 1 atom stereocenters. The molecule has 0 aromatic heterocycles. The summed E-state index contributed by atoms with van der Waals surface area (Å²) in [5.74, 6) is -1.09. The first kappa shape index (κ1) is 27.0. The Kier molecular flexibility index (Phi) is 11.9. The Morgan fingerprint density at radius 3 is 1.70 bits per heavy atom. The van der Waals surface area contributed by atoms with Crippen molar-refractivity contribution in [2.75, 3.05) is 6.61 Å². The monoisotopic (exact) mass is 428 g/mol. The molecular formula is C20H32N2O8. The Morgan fingerprint density at radius 2 is 1.37 bits per heavy atom. The minimum absolute atomic E-state index is 0.112. The molecule has 2 amide bonds. The van der Waals surface area contributed by atoms with Gasteiger partial charge in [0.15, 0.2) is 5.60 Å². The molecule has 1 fully saturated rings. The molecule has 1 rings (SSSR count). The lowest BCUT2D eigenvalue weighted by molar-refractivity contribution is -0.212. The van der Waals surface area contributed by atoms with Crippen LogP contribution < -0.4 is 11.5 Å². The average molecular weight is 428 g/mol. The summed E-state index contributed by atoms with van der Waals surface area (Å²) in [7, 11) is 0. The molecule has 1 saturated carbocycles. The van der Waals surface area contributed by atoms with E-state index in [4.69, 9.17) is 25.7 Å². The maximum Gasteiger partial charge on any atom is 0.407 e. The maximum absolute atomic E-state index is 11.8. The van der Waals surface area contributed by atoms with Crippen LogP contribution in [-0.4, -0.2) is 42.6 Å². The van der Waals surface area contributed by atoms with Gasteiger partial charge in [0.25, 0.3) is 6.29 Å². The summed E-state index contributed by atoms with van der Waals surface area (Å²) >= 11 is 0. The summed E-state index contributed by atoms with van der Waals surface area (Å²) in [6.45, 7) is 12.1. The highest BCUT2D eigenvalue weighted by atomic mass is 16.7. The number of carbonyl (C=O) groups excluding carboxylic acids is 4. The van der Waals surface area contributed by atoms with E-state index in [2.05, 4.69) is 17.9 Å². The predicted molar refractivity (Wildman–Crippen MR) is 108 cm³/mol. The van der Waals surface area contributed by atoms with Gasteiger partial charge < -0.3 is 30.4 Å². The molecule has 30 heavy (non-hydrogen) atoms. The van der Waals surface area contributed by atoms with Crippen molar-refractivity contribution in [1.29, 1.82) is 0 Å². The molecular weight excluding hydrogens is 396 g/mol. The van der Waals surface area contributed by atoms with E-state index in [-0.39, 0.29) is 11.5 Å². The Bertz CT molecular complexity index is 651. The van der Waals surface area contributed by atoms with E-state index < -0.39 is 30.0 Å². The second-order valence-electron chi connectivity index (χ2n) is 6.86. The van der Waals surface area contributed by atoms with E-state index in [1.165, 1.54) is 6.92 Å². The fourth-order valence-corrected chi connectivity index (χ4v) is 2.71. The third-order valence-electron chi connectivity index (χ3n) is 4.09. The number of primary amides is 2. The molecule has 0 aromatic carbocycles. The van der Waals surface area contributed by atoms with Crippen molar-refractivity contribution in [3.8, 4) is 0 Å². The number of rotatable bonds is 7. The van der Waals surface area contributed by atoms with Crippen LogP contribution >= 0.6 is 0 Å². The zero-order valence-electron chi connectivity index (χ0n) is 17.9. The minimum Gasteiger partial charge on any atom is -0.463 e. The quantitative estimate of drug-likeness (QED) is 0.206. The molecule has 0 bridgehead atoms. The van der Waals surface area contributed by atoms with Crippen molar-refractivity contribution in [3.63, 3.8) is 0 Å². The van der Waals surface area contributed by atoms with Crippen LogP contribution in [0.2, 0.25) is 0 Å². The van der Waals surface area contributed by atoms with Gasteiger partial charge >= 0.3 is 24.1 Å². The molecule has 0 aromatic rings. The van der Waals surface area contributed by atoms with Gasteiger partial charge in [-0.2, -0.15) is 0 Å². The number of ether oxygens (including phenoxy) is 4. The average Bonchev–Trinajstić information content (AvgIpc) is 2.87. The predicted octanol–water partition coefficient (Wildman–Crippen LogP) is 2.84. The van der Waals surface area contributed by atoms with Crippen LogP contribution in [0.4, 0.5) is 9.59 Å². The molecule has 0 saturated heterocycles. The summed E-state index contributed by atoms with van der Waals surface area (Å²) in [6, 6.07) is 0. The Balaban J connectivity index is 0.000000890. The third kappa shape index (κ3) is 9.94. The highest BCUT2D eigenvalue weighted by Crippen LogP contribution is 2.36. The highest BCUT2D eigenvalue weighted by molar-refractivity contribution is 5.87. The van der Waals surface area contributed by atoms with Crippen LogP contribution in [0.3, 0.4) is 0 Å². The van der Waals surface area contributed by atoms with Crippen LogP contribution in [0.15, 0.2) is 24.3 Å². The number of esters is 2. The summed E-state index contributed by atoms with van der Waals surface area (Å²) < 4.78 is 19.8. The topological polar surface area (TPSA) is 157 Å². The molecule has 4 N–H and O–H groups in total. The molecule has 1 aliphatic carbocycles. The molecule has 1 aliphatic rings. The van der Waals surface area contributed by atoms with E-state index >= 15 is 0 Å². The second kappa shape index (κ2) is 13.2. The largest absolute Gasteiger partial charge is 0.463 e. The SMILES string of the molecule is C=C(C)C(=O)OC(OC(N)=O)C1(OC(N)=O)CCCCCC1.C=C(C)C(=O)OCC. The highest BCUT2D eigenvalue weighted by Gasteiger charge is 2.47. The van der Waals surface area contributed by atoms with E-state index in [0.717, 1.165) is 12.8 Å². The van der Waals surface area contributed by atoms with Gasteiger partial charge in [-0.05, 0) is 46.5 Å². The summed E-state index contributed by atoms with van der Waals surface area (Å²) in [5, 5.41) is 0. The van der Waals surface area contributed by atoms with Crippen LogP contribution in [0.1, 0.15) is 59.3 Å². The van der Waals surface area contributed by atoms with E-state index in [1.807, 2.05) is 0 Å². The van der Waals surface area contributed by atoms with Gasteiger partial charge in [-0.15, -0.1) is 0 Å². The molecule has 0 radical (unpaired) electrons. The van der Waals surface area contributed by atoms with Crippen LogP contribution in [0.5, 0.6) is 0 Å². The first-order valence-corrected chi connectivity index (χ1v) is 9.58. The van der Waals surface area contributed by atoms with Crippen LogP contribution in [0.25, 0.3) is 0 Å². The standard InChI is InChI=1S/C14H22N2O6.C6H10O2/c1-9(2)10(17)20-11(21-12(15)18)14(22-13(16)19)7-5-3-4-6-8-14;1-4-8-6(7)5(2)3/h11H,1,3-8H2,2H3,(H2,15,18)(H2,16,19);2,4H2,1,3H3. The Morgan fingerprint density at radius 1 is 0.867 bits per heavy atom. The van der Waals surface area contributed by atoms with Gasteiger partial charge in [-0.1, -0.05) is 26.0 Å². The van der Waals surface area contributed by atoms with Crippen molar-refractivity contribution in [1.82, 2.24) is 0 Å². The lowest BCUT2D eigenvalue weighted by Crippen LogP contribution is -2.52. The molecule has 0 spiro atoms. The number of carbonyl (C=O) groups is 4. The third-order valence-corrected chi connectivity index (χ3v) is 4.09. The van der Waals surface area contributed by atoms with E-state index in [0.29, 0.717) is 37.9 Å².